The van der Waals surface area contributed by atoms with E-state index in [1.165, 1.54) is 11.6 Å². The number of halogens is 1. The van der Waals surface area contributed by atoms with Crippen molar-refractivity contribution in [2.24, 2.45) is 19.2 Å². The van der Waals surface area contributed by atoms with Crippen LogP contribution in [0.15, 0.2) is 73.8 Å². The molecular formula is C21H17BrN6O2. The summed E-state index contributed by atoms with van der Waals surface area (Å²) in [5.41, 5.74) is 2.46. The van der Waals surface area contributed by atoms with Crippen molar-refractivity contribution < 1.29 is 0 Å². The molecule has 0 amide bonds. The fraction of sp³-hybridized carbons (Fsp3) is 0.143. The molecular weight excluding hydrogens is 448 g/mol. The van der Waals surface area contributed by atoms with Gasteiger partial charge in [0.25, 0.3) is 5.56 Å². The average molecular weight is 465 g/mol. The van der Waals surface area contributed by atoms with Gasteiger partial charge in [-0.3, -0.25) is 18.5 Å². The number of aromatic nitrogens is 4. The van der Waals surface area contributed by atoms with Crippen molar-refractivity contribution in [3.05, 3.63) is 85.5 Å². The van der Waals surface area contributed by atoms with Crippen LogP contribution in [0.2, 0.25) is 0 Å². The molecule has 4 aromatic rings. The molecule has 0 unspecified atom stereocenters. The van der Waals surface area contributed by atoms with E-state index in [1.807, 2.05) is 59.2 Å². The van der Waals surface area contributed by atoms with Crippen LogP contribution < -0.4 is 16.3 Å². The number of rotatable bonds is 2. The van der Waals surface area contributed by atoms with Crippen molar-refractivity contribution in [3.63, 3.8) is 0 Å². The summed E-state index contributed by atoms with van der Waals surface area (Å²) >= 11 is 3.46. The van der Waals surface area contributed by atoms with E-state index in [0.29, 0.717) is 23.7 Å². The summed E-state index contributed by atoms with van der Waals surface area (Å²) in [6, 6.07) is 17.5. The van der Waals surface area contributed by atoms with Crippen LogP contribution in [-0.4, -0.2) is 24.4 Å². The van der Waals surface area contributed by atoms with Gasteiger partial charge in [-0.1, -0.05) is 46.3 Å². The highest BCUT2D eigenvalue weighted by molar-refractivity contribution is 9.10. The molecule has 30 heavy (non-hydrogen) atoms. The van der Waals surface area contributed by atoms with Crippen LogP contribution in [0.5, 0.6) is 0 Å². The van der Waals surface area contributed by atoms with Gasteiger partial charge < -0.3 is 0 Å². The molecule has 0 saturated carbocycles. The molecule has 3 heterocycles. The number of hydrogen-bond acceptors (Lipinski definition) is 5. The Balaban J connectivity index is 1.81. The molecule has 0 N–H and O–H groups in total. The third kappa shape index (κ3) is 2.73. The number of fused-ring (bicyclic) bond motifs is 3. The average Bonchev–Trinajstić information content (AvgIpc) is 3.16. The summed E-state index contributed by atoms with van der Waals surface area (Å²) in [6.07, 6.45) is 0. The summed E-state index contributed by atoms with van der Waals surface area (Å²) in [6.45, 7) is 0.365. The minimum Gasteiger partial charge on any atom is -0.296 e. The Morgan fingerprint density at radius 3 is 2.33 bits per heavy atom. The van der Waals surface area contributed by atoms with Crippen LogP contribution in [0, 0.1) is 0 Å². The fourth-order valence-electron chi connectivity index (χ4n) is 3.63. The number of para-hydroxylation sites is 1. The maximum atomic E-state index is 13.0. The second-order valence-corrected chi connectivity index (χ2v) is 7.99. The number of anilines is 2. The molecule has 0 spiro atoms. The largest absolute Gasteiger partial charge is 0.332 e. The van der Waals surface area contributed by atoms with Gasteiger partial charge in [-0.05, 0) is 29.8 Å². The van der Waals surface area contributed by atoms with Crippen molar-refractivity contribution >= 4 is 44.4 Å². The molecule has 0 radical (unpaired) electrons. The van der Waals surface area contributed by atoms with Crippen LogP contribution >= 0.6 is 15.9 Å². The number of benzene rings is 2. The minimum absolute atomic E-state index is 0.339. The molecule has 5 rings (SSSR count). The van der Waals surface area contributed by atoms with E-state index in [1.54, 1.807) is 12.1 Å². The number of nitrogens with zero attached hydrogens (tertiary/aromatic N) is 6. The minimum atomic E-state index is -0.414. The number of hydrazone groups is 1. The quantitative estimate of drug-likeness (QED) is 0.456. The van der Waals surface area contributed by atoms with Crippen LogP contribution in [-0.2, 0) is 20.6 Å². The Hall–Kier alpha value is -3.46. The Bertz CT molecular complexity index is 1430. The number of imidazole rings is 1. The maximum absolute atomic E-state index is 13.0. The number of hydrogen-bond donors (Lipinski definition) is 0. The second-order valence-electron chi connectivity index (χ2n) is 7.08. The molecule has 2 aromatic carbocycles. The van der Waals surface area contributed by atoms with Crippen molar-refractivity contribution in [1.82, 2.24) is 18.7 Å². The van der Waals surface area contributed by atoms with Crippen LogP contribution in [0.25, 0.3) is 11.2 Å². The predicted octanol–water partition coefficient (Wildman–Crippen LogP) is 2.75. The molecule has 0 atom stereocenters. The molecule has 8 nitrogen and oxygen atoms in total. The van der Waals surface area contributed by atoms with Gasteiger partial charge in [0.1, 0.15) is 0 Å². The first-order chi connectivity index (χ1) is 14.5. The van der Waals surface area contributed by atoms with Crippen molar-refractivity contribution in [2.75, 3.05) is 5.01 Å². The summed E-state index contributed by atoms with van der Waals surface area (Å²) < 4.78 is 5.30. The molecule has 9 heteroatoms. The summed E-state index contributed by atoms with van der Waals surface area (Å²) in [7, 11) is 3.10. The summed E-state index contributed by atoms with van der Waals surface area (Å²) in [5.74, 6) is 0.496. The molecule has 0 fully saturated rings. The molecule has 1 aliphatic heterocycles. The standard InChI is InChI=1S/C21H17BrN6O2/c1-25-18-17(19(29)26(2)21(25)30)27-12-16(13-8-10-14(22)11-9-13)24-28(20(27)23-18)15-6-4-3-5-7-15/h3-11H,12H2,1-2H3. The van der Waals surface area contributed by atoms with E-state index in [4.69, 9.17) is 5.10 Å². The Kier molecular flexibility index (Phi) is 4.21. The van der Waals surface area contributed by atoms with Gasteiger partial charge >= 0.3 is 5.69 Å². The summed E-state index contributed by atoms with van der Waals surface area (Å²) in [5, 5.41) is 6.56. The first kappa shape index (κ1) is 18.6. The van der Waals surface area contributed by atoms with E-state index < -0.39 is 5.69 Å². The van der Waals surface area contributed by atoms with Crippen molar-refractivity contribution in [3.8, 4) is 0 Å². The Morgan fingerprint density at radius 1 is 0.933 bits per heavy atom. The smallest absolute Gasteiger partial charge is 0.296 e. The molecule has 0 aliphatic carbocycles. The first-order valence-corrected chi connectivity index (χ1v) is 10.1. The number of aryl methyl sites for hydroxylation is 1. The van der Waals surface area contributed by atoms with Gasteiger partial charge in [-0.25, -0.2) is 4.79 Å². The highest BCUT2D eigenvalue weighted by Crippen LogP contribution is 2.31. The zero-order valence-corrected chi connectivity index (χ0v) is 17.9. The van der Waals surface area contributed by atoms with Crippen LogP contribution in [0.3, 0.4) is 0 Å². The lowest BCUT2D eigenvalue weighted by molar-refractivity contribution is 0.703. The third-order valence-electron chi connectivity index (χ3n) is 5.22. The Labute approximate surface area is 179 Å². The van der Waals surface area contributed by atoms with E-state index >= 15 is 0 Å². The van der Waals surface area contributed by atoms with Crippen molar-refractivity contribution in [1.29, 1.82) is 0 Å². The van der Waals surface area contributed by atoms with Gasteiger partial charge in [0, 0.05) is 18.6 Å². The molecule has 1 aliphatic rings. The fourth-order valence-corrected chi connectivity index (χ4v) is 3.89. The summed E-state index contributed by atoms with van der Waals surface area (Å²) in [4.78, 5) is 30.0. The van der Waals surface area contributed by atoms with E-state index in [0.717, 1.165) is 26.0 Å². The van der Waals surface area contributed by atoms with Gasteiger partial charge in [-0.2, -0.15) is 15.1 Å². The maximum Gasteiger partial charge on any atom is 0.332 e. The molecule has 2 aromatic heterocycles. The zero-order valence-electron chi connectivity index (χ0n) is 16.3. The van der Waals surface area contributed by atoms with Gasteiger partial charge in [0.15, 0.2) is 11.2 Å². The monoisotopic (exact) mass is 464 g/mol. The van der Waals surface area contributed by atoms with Gasteiger partial charge in [-0.15, -0.1) is 0 Å². The topological polar surface area (TPSA) is 77.4 Å². The third-order valence-corrected chi connectivity index (χ3v) is 5.75. The Morgan fingerprint density at radius 2 is 1.63 bits per heavy atom. The van der Waals surface area contributed by atoms with E-state index in [9.17, 15) is 9.59 Å². The molecule has 0 saturated heterocycles. The lowest BCUT2D eigenvalue weighted by Crippen LogP contribution is -2.38. The molecule has 0 bridgehead atoms. The van der Waals surface area contributed by atoms with Gasteiger partial charge in [0.05, 0.1) is 17.9 Å². The van der Waals surface area contributed by atoms with Crippen LogP contribution in [0.4, 0.5) is 11.6 Å². The molecule has 150 valence electrons. The normalized spacial score (nSPS) is 13.4. The SMILES string of the molecule is Cn1c(=O)c2c(nc3n2CC(c2ccc(Br)cc2)=NN3c2ccccc2)n(C)c1=O. The first-order valence-electron chi connectivity index (χ1n) is 9.30. The highest BCUT2D eigenvalue weighted by Gasteiger charge is 2.28. The van der Waals surface area contributed by atoms with E-state index in [2.05, 4.69) is 20.9 Å². The zero-order chi connectivity index (χ0) is 21.0. The lowest BCUT2D eigenvalue weighted by atomic mass is 10.1. The lowest BCUT2D eigenvalue weighted by Gasteiger charge is -2.26. The highest BCUT2D eigenvalue weighted by atomic mass is 79.9. The van der Waals surface area contributed by atoms with E-state index in [-0.39, 0.29) is 5.56 Å². The second kappa shape index (κ2) is 6.81. The van der Waals surface area contributed by atoms with Gasteiger partial charge in [0.2, 0.25) is 5.95 Å². The predicted molar refractivity (Wildman–Crippen MR) is 119 cm³/mol. The van der Waals surface area contributed by atoms with Crippen molar-refractivity contribution in [2.45, 2.75) is 6.54 Å². The van der Waals surface area contributed by atoms with Crippen LogP contribution in [0.1, 0.15) is 5.56 Å².